The number of pyridine rings is 1. The zero-order chi connectivity index (χ0) is 59.2. The van der Waals surface area contributed by atoms with Crippen molar-refractivity contribution in [1.82, 2.24) is 14.5 Å². The summed E-state index contributed by atoms with van der Waals surface area (Å²) in [6, 6.07) is 52.0. The first kappa shape index (κ1) is 40.2. The molecule has 0 unspecified atom stereocenters. The van der Waals surface area contributed by atoms with E-state index >= 15 is 0 Å². The van der Waals surface area contributed by atoms with E-state index in [-0.39, 0.29) is 43.2 Å². The van der Waals surface area contributed by atoms with Gasteiger partial charge in [0.2, 0.25) is 0 Å². The van der Waals surface area contributed by atoms with Crippen LogP contribution in [0, 0.1) is 6.07 Å². The third-order valence-electron chi connectivity index (χ3n) is 13.5. The molecule has 0 saturated carbocycles. The Bertz CT molecular complexity index is 3790. The van der Waals surface area contributed by atoms with Crippen LogP contribution in [0.3, 0.4) is 0 Å². The molecule has 1 N–H and O–H groups in total. The minimum Gasteiger partial charge on any atom is -0.507 e. The van der Waals surface area contributed by atoms with Crippen LogP contribution < -0.4 is 0 Å². The molecule has 0 aliphatic heterocycles. The molecule has 0 amide bonds. The van der Waals surface area contributed by atoms with Crippen LogP contribution in [0.15, 0.2) is 158 Å². The van der Waals surface area contributed by atoms with Gasteiger partial charge in [0.1, 0.15) is 11.6 Å². The van der Waals surface area contributed by atoms with Crippen molar-refractivity contribution in [1.29, 1.82) is 0 Å². The van der Waals surface area contributed by atoms with E-state index in [0.717, 1.165) is 55.7 Å². The molecule has 9 aromatic rings. The molecule has 0 aliphatic carbocycles. The van der Waals surface area contributed by atoms with Crippen LogP contribution in [0.25, 0.3) is 83.9 Å². The molecule has 0 atom stereocenters. The fourth-order valence-electron chi connectivity index (χ4n) is 9.58. The zero-order valence-electron chi connectivity index (χ0n) is 53.1. The number of aromatic hydroxyl groups is 1. The van der Waals surface area contributed by atoms with Crippen LogP contribution in [0.4, 0.5) is 0 Å². The number of aromatic nitrogens is 3. The standard InChI is InChI=1S/C67H70N3O.Pt/c1-42(2)55-41-51(31-32-53(55)54-23-18-19-25-57(54)66(9,10)11)70-60-26-20-24-52(61(60)69-63(70)56-39-50(65(6,7)8)40-58(62(56)71)67(12,13)14)47-35-46(43-21-16-15-17-22-43)36-48(37-47)59-38-45(33-34-68-59)44-27-29-49(30-28-44)64(3,4)5;/h15-36,38-42,71H,1-14H3;/q-1;/i3D3,4D3,5D3,42D;. The molecule has 0 radical (unpaired) electrons. The first-order chi connectivity index (χ1) is 37.5. The number of hydrogen-bond acceptors (Lipinski definition) is 3. The molecule has 0 aliphatic rings. The Kier molecular flexibility index (Phi) is 10.9. The van der Waals surface area contributed by atoms with Crippen molar-refractivity contribution in [2.45, 2.75) is 124 Å². The fourth-order valence-corrected chi connectivity index (χ4v) is 9.58. The van der Waals surface area contributed by atoms with Crippen LogP contribution in [-0.4, -0.2) is 19.6 Å². The van der Waals surface area contributed by atoms with Crippen molar-refractivity contribution >= 4 is 11.0 Å². The van der Waals surface area contributed by atoms with Crippen LogP contribution in [0.5, 0.6) is 5.75 Å². The van der Waals surface area contributed by atoms with E-state index in [9.17, 15) is 6.48 Å². The summed E-state index contributed by atoms with van der Waals surface area (Å²) in [5, 5.41) is 12.6. The summed E-state index contributed by atoms with van der Waals surface area (Å²) in [5.74, 6) is -0.372. The number of phenolic OH excluding ortho intramolecular Hbond substituents is 1. The summed E-state index contributed by atoms with van der Waals surface area (Å²) in [6.07, 6.45) is 1.65. The van der Waals surface area contributed by atoms with E-state index in [1.807, 2.05) is 80.6 Å². The van der Waals surface area contributed by atoms with E-state index < -0.39 is 37.3 Å². The molecule has 5 heteroatoms. The van der Waals surface area contributed by atoms with Crippen molar-refractivity contribution in [2.24, 2.45) is 0 Å². The molecule has 7 aromatic carbocycles. The van der Waals surface area contributed by atoms with Gasteiger partial charge in [0, 0.05) is 57.9 Å². The smallest absolute Gasteiger partial charge is 0.148 e. The Hall–Kier alpha value is -6.35. The second kappa shape index (κ2) is 19.6. The van der Waals surface area contributed by atoms with Crippen molar-refractivity contribution in [3.63, 3.8) is 0 Å². The van der Waals surface area contributed by atoms with Gasteiger partial charge >= 0.3 is 0 Å². The second-order valence-corrected chi connectivity index (χ2v) is 22.2. The molecule has 0 fully saturated rings. The van der Waals surface area contributed by atoms with Crippen molar-refractivity contribution in [3.8, 4) is 78.6 Å². The monoisotopic (exact) mass is 1140 g/mol. The Labute approximate surface area is 458 Å². The van der Waals surface area contributed by atoms with Gasteiger partial charge in [-0.3, -0.25) is 9.55 Å². The fraction of sp³-hybridized carbons (Fsp3) is 0.284. The molecule has 2 aromatic heterocycles. The number of hydrogen-bond donors (Lipinski definition) is 1. The molecule has 0 bridgehead atoms. The van der Waals surface area contributed by atoms with Gasteiger partial charge in [0.25, 0.3) is 0 Å². The van der Waals surface area contributed by atoms with Gasteiger partial charge in [-0.1, -0.05) is 223 Å². The van der Waals surface area contributed by atoms with Crippen molar-refractivity contribution < 1.29 is 39.9 Å². The van der Waals surface area contributed by atoms with Gasteiger partial charge in [-0.2, -0.15) is 0 Å². The predicted octanol–water partition coefficient (Wildman–Crippen LogP) is 18.2. The molecule has 0 saturated heterocycles. The van der Waals surface area contributed by atoms with Crippen LogP contribution in [0.1, 0.15) is 144 Å². The third kappa shape index (κ3) is 10.3. The number of rotatable bonds is 8. The number of nitrogens with zero attached hydrogens (tertiary/aromatic N) is 3. The SMILES string of the molecule is [2H]C(C)(C)c1cc(-n2c(-c3cc(C(C)(C)C)cc(C(C)(C)C)c3O)nc3c(-c4[c-]c(-c5cc(-c6ccc(C(C([2H])([2H])[2H])(C([2H])([2H])[2H])C([2H])([2H])[2H])cc6)ccn5)cc(-c5ccccc5)c4)cccc32)ccc1-c1ccccc1C(C)(C)C.[Pt]. The Morgan fingerprint density at radius 2 is 1.19 bits per heavy atom. The van der Waals surface area contributed by atoms with E-state index in [1.165, 1.54) is 17.7 Å². The number of imidazole rings is 1. The topological polar surface area (TPSA) is 50.9 Å². The molecule has 370 valence electrons. The third-order valence-corrected chi connectivity index (χ3v) is 13.5. The van der Waals surface area contributed by atoms with E-state index in [0.29, 0.717) is 44.9 Å². The van der Waals surface area contributed by atoms with E-state index in [1.54, 1.807) is 24.4 Å². The maximum absolute atomic E-state index is 12.6. The zero-order valence-corrected chi connectivity index (χ0v) is 45.4. The van der Waals surface area contributed by atoms with Crippen LogP contribution in [-0.2, 0) is 42.7 Å². The van der Waals surface area contributed by atoms with E-state index in [4.69, 9.17) is 22.3 Å². The van der Waals surface area contributed by atoms with Gasteiger partial charge in [-0.25, -0.2) is 4.98 Å². The number of para-hydroxylation sites is 1. The number of fused-ring (bicyclic) bond motifs is 1. The molecule has 4 nitrogen and oxygen atoms in total. The Morgan fingerprint density at radius 3 is 1.86 bits per heavy atom. The first-order valence-electron chi connectivity index (χ1n) is 29.4. The summed E-state index contributed by atoms with van der Waals surface area (Å²) in [4.78, 5) is 10.4. The average molecular weight is 1140 g/mol. The number of benzene rings is 7. The molecule has 72 heavy (non-hydrogen) atoms. The summed E-state index contributed by atoms with van der Waals surface area (Å²) in [7, 11) is 0. The van der Waals surface area contributed by atoms with Gasteiger partial charge in [0.05, 0.1) is 16.6 Å². The van der Waals surface area contributed by atoms with Gasteiger partial charge < -0.3 is 5.11 Å². The quantitative estimate of drug-likeness (QED) is 0.154. The summed E-state index contributed by atoms with van der Waals surface area (Å²) in [6.45, 7) is 13.1. The molecular formula is C67H70N3OPt-. The normalized spacial score (nSPS) is 15.1. The van der Waals surface area contributed by atoms with E-state index in [2.05, 4.69) is 128 Å². The van der Waals surface area contributed by atoms with Gasteiger partial charge in [-0.05, 0) is 108 Å². The molecule has 2 heterocycles. The average Bonchev–Trinajstić information content (AvgIpc) is 3.21. The Morgan fingerprint density at radius 1 is 0.542 bits per heavy atom. The molecule has 9 rings (SSSR count). The van der Waals surface area contributed by atoms with Crippen LogP contribution in [0.2, 0.25) is 0 Å². The maximum Gasteiger partial charge on any atom is 0.148 e. The molecule has 0 spiro atoms. The van der Waals surface area contributed by atoms with Crippen molar-refractivity contribution in [3.05, 3.63) is 192 Å². The second-order valence-electron chi connectivity index (χ2n) is 22.2. The van der Waals surface area contributed by atoms with Crippen LogP contribution >= 0.6 is 0 Å². The Balaban J connectivity index is 0.00000880. The largest absolute Gasteiger partial charge is 0.507 e. The first-order valence-corrected chi connectivity index (χ1v) is 24.4. The minimum atomic E-state index is -3.39. The van der Waals surface area contributed by atoms with Gasteiger partial charge in [-0.15, -0.1) is 23.8 Å². The predicted molar refractivity (Wildman–Crippen MR) is 301 cm³/mol. The summed E-state index contributed by atoms with van der Waals surface area (Å²) < 4.78 is 86.0. The summed E-state index contributed by atoms with van der Waals surface area (Å²) in [5.41, 5.74) is 9.99. The minimum absolute atomic E-state index is 0. The maximum atomic E-state index is 12.6. The number of phenols is 1. The van der Waals surface area contributed by atoms with Crippen molar-refractivity contribution in [2.75, 3.05) is 0 Å². The molecular weight excluding hydrogens is 1060 g/mol. The van der Waals surface area contributed by atoms with Gasteiger partial charge in [0.15, 0.2) is 0 Å². The summed E-state index contributed by atoms with van der Waals surface area (Å²) >= 11 is 0.